The zero-order chi connectivity index (χ0) is 25.7. The molecule has 2 fully saturated rings. The normalized spacial score (nSPS) is 17.4. The van der Waals surface area contributed by atoms with Crippen LogP contribution in [-0.4, -0.2) is 38.9 Å². The fourth-order valence-corrected chi connectivity index (χ4v) is 6.21. The number of aromatic nitrogens is 4. The van der Waals surface area contributed by atoms with Gasteiger partial charge in [-0.3, -0.25) is 14.2 Å². The highest BCUT2D eigenvalue weighted by Crippen LogP contribution is 2.54. The monoisotopic (exact) mass is 502 g/mol. The summed E-state index contributed by atoms with van der Waals surface area (Å²) in [7, 11) is 1.72. The van der Waals surface area contributed by atoms with Gasteiger partial charge in [-0.05, 0) is 55.0 Å². The van der Waals surface area contributed by atoms with Crippen LogP contribution in [0.4, 0.5) is 0 Å². The minimum Gasteiger partial charge on any atom is -0.384 e. The van der Waals surface area contributed by atoms with Crippen molar-refractivity contribution in [2.24, 2.45) is 5.41 Å². The van der Waals surface area contributed by atoms with E-state index in [1.807, 2.05) is 48.9 Å². The van der Waals surface area contributed by atoms with E-state index in [9.17, 15) is 4.79 Å². The van der Waals surface area contributed by atoms with Crippen molar-refractivity contribution in [1.29, 1.82) is 0 Å². The van der Waals surface area contributed by atoms with Gasteiger partial charge in [-0.25, -0.2) is 9.97 Å². The molecule has 0 atom stereocenters. The number of carbonyl (C=O) groups is 1. The van der Waals surface area contributed by atoms with Gasteiger partial charge in [0.25, 0.3) is 0 Å². The molecule has 38 heavy (non-hydrogen) atoms. The Balaban J connectivity index is 1.18. The maximum absolute atomic E-state index is 13.0. The Kier molecular flexibility index (Phi) is 5.41. The first kappa shape index (κ1) is 23.2. The van der Waals surface area contributed by atoms with Crippen molar-refractivity contribution in [3.63, 3.8) is 0 Å². The summed E-state index contributed by atoms with van der Waals surface area (Å²) in [5, 5.41) is 1.16. The number of methoxy groups -OCH3 is 1. The standard InChI is InChI=1S/C32H30N4O2/c1-38-21-31(11-3-12-31)17-28(37)23-7-5-22(6-8-23)25-18-34-30-35-19-29(36(30)20-25)32(13-14-32)26-9-10-27-24(16-26)4-2-15-33-27/h2,4-10,15-16,18-20H,3,11-14,17,21H2,1H3. The summed E-state index contributed by atoms with van der Waals surface area (Å²) in [5.41, 5.74) is 6.24. The lowest BCUT2D eigenvalue weighted by Crippen LogP contribution is -2.36. The molecule has 0 N–H and O–H groups in total. The van der Waals surface area contributed by atoms with Crippen molar-refractivity contribution in [3.8, 4) is 11.1 Å². The summed E-state index contributed by atoms with van der Waals surface area (Å²) < 4.78 is 7.55. The highest BCUT2D eigenvalue weighted by molar-refractivity contribution is 5.97. The number of benzene rings is 2. The molecule has 0 amide bonds. The van der Waals surface area contributed by atoms with Crippen LogP contribution in [0, 0.1) is 5.41 Å². The third-order valence-corrected chi connectivity index (χ3v) is 8.70. The number of rotatable bonds is 8. The molecule has 0 saturated heterocycles. The molecule has 0 bridgehead atoms. The highest BCUT2D eigenvalue weighted by Gasteiger charge is 2.48. The molecule has 2 aliphatic carbocycles. The van der Waals surface area contributed by atoms with E-state index in [1.165, 1.54) is 17.7 Å². The van der Waals surface area contributed by atoms with Crippen LogP contribution in [0.25, 0.3) is 27.8 Å². The Labute approximate surface area is 221 Å². The molecule has 6 heteroatoms. The largest absolute Gasteiger partial charge is 0.384 e. The Bertz CT molecular complexity index is 1660. The molecule has 6 nitrogen and oxygen atoms in total. The number of pyridine rings is 1. The van der Waals surface area contributed by atoms with Crippen molar-refractivity contribution >= 4 is 22.5 Å². The summed E-state index contributed by atoms with van der Waals surface area (Å²) in [6.45, 7) is 0.660. The van der Waals surface area contributed by atoms with Gasteiger partial charge in [-0.2, -0.15) is 0 Å². The smallest absolute Gasteiger partial charge is 0.233 e. The minimum absolute atomic E-state index is 0.0254. The van der Waals surface area contributed by atoms with Crippen molar-refractivity contribution in [3.05, 3.63) is 96.2 Å². The minimum atomic E-state index is -0.0558. The molecule has 7 rings (SSSR count). The van der Waals surface area contributed by atoms with Gasteiger partial charge in [-0.15, -0.1) is 0 Å². The third kappa shape index (κ3) is 3.82. The van der Waals surface area contributed by atoms with E-state index in [2.05, 4.69) is 49.8 Å². The second-order valence-corrected chi connectivity index (χ2v) is 11.1. The summed E-state index contributed by atoms with van der Waals surface area (Å²) >= 11 is 0. The van der Waals surface area contributed by atoms with Crippen LogP contribution in [0.2, 0.25) is 0 Å². The van der Waals surface area contributed by atoms with Crippen molar-refractivity contribution < 1.29 is 9.53 Å². The van der Waals surface area contributed by atoms with E-state index in [0.29, 0.717) is 18.8 Å². The summed E-state index contributed by atoms with van der Waals surface area (Å²) in [4.78, 5) is 26.8. The van der Waals surface area contributed by atoms with Crippen molar-refractivity contribution in [2.75, 3.05) is 13.7 Å². The molecular formula is C32H30N4O2. The van der Waals surface area contributed by atoms with Gasteiger partial charge in [0.05, 0.1) is 24.0 Å². The summed E-state index contributed by atoms with van der Waals surface area (Å²) in [5.74, 6) is 0.897. The fourth-order valence-electron chi connectivity index (χ4n) is 6.21. The predicted octanol–water partition coefficient (Wildman–Crippen LogP) is 6.41. The van der Waals surface area contributed by atoms with Crippen molar-refractivity contribution in [2.45, 2.75) is 43.9 Å². The number of hydrogen-bond acceptors (Lipinski definition) is 5. The van der Waals surface area contributed by atoms with E-state index < -0.39 is 0 Å². The topological polar surface area (TPSA) is 69.4 Å². The molecule has 0 spiro atoms. The van der Waals surface area contributed by atoms with Gasteiger partial charge in [0, 0.05) is 59.5 Å². The van der Waals surface area contributed by atoms with Crippen LogP contribution in [-0.2, 0) is 10.2 Å². The molecule has 0 aliphatic heterocycles. The van der Waals surface area contributed by atoms with E-state index in [4.69, 9.17) is 4.74 Å². The van der Waals surface area contributed by atoms with Crippen LogP contribution < -0.4 is 0 Å². The van der Waals surface area contributed by atoms with Crippen LogP contribution in [0.3, 0.4) is 0 Å². The molecule has 2 aromatic carbocycles. The van der Waals surface area contributed by atoms with Crippen molar-refractivity contribution in [1.82, 2.24) is 19.4 Å². The lowest BCUT2D eigenvalue weighted by molar-refractivity contribution is 0.0124. The Morgan fingerprint density at radius 1 is 0.947 bits per heavy atom. The second kappa shape index (κ2) is 8.84. The molecule has 2 aliphatic rings. The number of fused-ring (bicyclic) bond motifs is 2. The van der Waals surface area contributed by atoms with Gasteiger partial charge in [0.15, 0.2) is 5.78 Å². The van der Waals surface area contributed by atoms with Gasteiger partial charge < -0.3 is 4.74 Å². The lowest BCUT2D eigenvalue weighted by Gasteiger charge is -2.40. The molecule has 5 aromatic rings. The van der Waals surface area contributed by atoms with Gasteiger partial charge in [0.1, 0.15) is 0 Å². The molecule has 3 aromatic heterocycles. The second-order valence-electron chi connectivity index (χ2n) is 11.1. The Hall–Kier alpha value is -3.90. The molecule has 3 heterocycles. The predicted molar refractivity (Wildman–Crippen MR) is 147 cm³/mol. The average Bonchev–Trinajstić information content (AvgIpc) is 3.63. The first-order chi connectivity index (χ1) is 18.6. The maximum Gasteiger partial charge on any atom is 0.233 e. The lowest BCUT2D eigenvalue weighted by atomic mass is 9.66. The number of carbonyl (C=O) groups excluding carboxylic acids is 1. The van der Waals surface area contributed by atoms with E-state index in [0.717, 1.165) is 53.3 Å². The Morgan fingerprint density at radius 2 is 1.76 bits per heavy atom. The number of ketones is 1. The van der Waals surface area contributed by atoms with E-state index in [-0.39, 0.29) is 16.6 Å². The first-order valence-electron chi connectivity index (χ1n) is 13.4. The number of ether oxygens (including phenoxy) is 1. The molecule has 0 radical (unpaired) electrons. The zero-order valence-corrected chi connectivity index (χ0v) is 21.6. The van der Waals surface area contributed by atoms with Gasteiger partial charge in [-0.1, -0.05) is 42.8 Å². The van der Waals surface area contributed by atoms with Gasteiger partial charge >= 0.3 is 0 Å². The van der Waals surface area contributed by atoms with E-state index >= 15 is 0 Å². The molecule has 2 saturated carbocycles. The quantitative estimate of drug-likeness (QED) is 0.229. The highest BCUT2D eigenvalue weighted by atomic mass is 16.5. The third-order valence-electron chi connectivity index (χ3n) is 8.70. The maximum atomic E-state index is 13.0. The van der Waals surface area contributed by atoms with Crippen LogP contribution >= 0.6 is 0 Å². The number of Topliss-reactive ketones (excluding diaryl/α,β-unsaturated/α-hetero) is 1. The number of imidazole rings is 1. The number of hydrogen-bond donors (Lipinski definition) is 0. The van der Waals surface area contributed by atoms with Crippen LogP contribution in [0.15, 0.2) is 79.4 Å². The fraction of sp³-hybridized carbons (Fsp3) is 0.312. The zero-order valence-electron chi connectivity index (χ0n) is 21.6. The van der Waals surface area contributed by atoms with E-state index in [1.54, 1.807) is 7.11 Å². The molecule has 190 valence electrons. The number of nitrogens with zero attached hydrogens (tertiary/aromatic N) is 4. The van der Waals surface area contributed by atoms with Crippen LogP contribution in [0.1, 0.15) is 60.1 Å². The average molecular weight is 503 g/mol. The molecule has 0 unspecified atom stereocenters. The first-order valence-corrected chi connectivity index (χ1v) is 13.4. The summed E-state index contributed by atoms with van der Waals surface area (Å²) in [6, 6.07) is 18.6. The summed E-state index contributed by atoms with van der Waals surface area (Å²) in [6.07, 6.45) is 13.8. The Morgan fingerprint density at radius 3 is 2.50 bits per heavy atom. The SMILES string of the molecule is COCC1(CC(=O)c2ccc(-c3cnc4ncc(C5(c6ccc7ncccc7c6)CC5)n4c3)cc2)CCC1. The van der Waals surface area contributed by atoms with Gasteiger partial charge in [0.2, 0.25) is 5.78 Å². The van der Waals surface area contributed by atoms with Crippen LogP contribution in [0.5, 0.6) is 0 Å². The molecular weight excluding hydrogens is 472 g/mol.